The number of oxime groups is 1. The molecule has 2 aromatic carbocycles. The summed E-state index contributed by atoms with van der Waals surface area (Å²) < 4.78 is 0.835. The van der Waals surface area contributed by atoms with Gasteiger partial charge in [0.05, 0.1) is 16.1 Å². The number of para-hydroxylation sites is 1. The molecule has 3 aromatic rings. The molecule has 1 heterocycles. The monoisotopic (exact) mass is 404 g/mol. The number of nitrogens with one attached hydrogen (secondary N) is 1. The molecule has 1 amide bonds. The molecule has 0 aliphatic rings. The second-order valence-electron chi connectivity index (χ2n) is 5.28. The van der Waals surface area contributed by atoms with E-state index in [9.17, 15) is 4.79 Å². The van der Waals surface area contributed by atoms with E-state index in [4.69, 9.17) is 28.0 Å². The first kappa shape index (κ1) is 18.5. The Kier molecular flexibility index (Phi) is 5.93. The fourth-order valence-electron chi connectivity index (χ4n) is 2.43. The number of anilines is 1. The molecule has 7 heteroatoms. The first-order chi connectivity index (χ1) is 12.6. The van der Waals surface area contributed by atoms with E-state index in [1.54, 1.807) is 12.3 Å². The molecular weight excluding hydrogens is 391 g/mol. The molecule has 132 valence electrons. The van der Waals surface area contributed by atoms with Gasteiger partial charge in [-0.15, -0.1) is 11.3 Å². The molecule has 0 saturated carbocycles. The van der Waals surface area contributed by atoms with E-state index in [0.29, 0.717) is 19.9 Å². The van der Waals surface area contributed by atoms with E-state index in [2.05, 4.69) is 10.5 Å². The number of benzene rings is 2. The van der Waals surface area contributed by atoms with Crippen LogP contribution in [0.2, 0.25) is 8.67 Å². The van der Waals surface area contributed by atoms with Crippen molar-refractivity contribution in [3.8, 4) is 11.1 Å². The van der Waals surface area contributed by atoms with Crippen molar-refractivity contribution in [3.05, 3.63) is 74.4 Å². The molecule has 3 rings (SSSR count). The molecule has 0 spiro atoms. The molecule has 0 saturated heterocycles. The molecular formula is C19H14Cl2N2O2S. The number of carbonyl (C=O) groups is 1. The number of hydrogen-bond donors (Lipinski definition) is 1. The lowest BCUT2D eigenvalue weighted by molar-refractivity contribution is 0.102. The average Bonchev–Trinajstić information content (AvgIpc) is 2.99. The van der Waals surface area contributed by atoms with Crippen LogP contribution in [0.1, 0.15) is 15.9 Å². The van der Waals surface area contributed by atoms with Gasteiger partial charge in [0.1, 0.15) is 11.4 Å². The Bertz CT molecular complexity index is 970. The van der Waals surface area contributed by atoms with E-state index >= 15 is 0 Å². The molecule has 1 N–H and O–H groups in total. The molecule has 0 fully saturated rings. The molecule has 0 bridgehead atoms. The van der Waals surface area contributed by atoms with Gasteiger partial charge in [0.15, 0.2) is 0 Å². The third-order valence-electron chi connectivity index (χ3n) is 3.58. The van der Waals surface area contributed by atoms with Gasteiger partial charge in [-0.25, -0.2) is 0 Å². The predicted octanol–water partition coefficient (Wildman–Crippen LogP) is 5.95. The van der Waals surface area contributed by atoms with E-state index in [1.807, 2.05) is 48.5 Å². The van der Waals surface area contributed by atoms with Gasteiger partial charge in [-0.1, -0.05) is 64.8 Å². The third kappa shape index (κ3) is 4.25. The number of amides is 1. The number of halogens is 2. The van der Waals surface area contributed by atoms with Crippen molar-refractivity contribution in [2.24, 2.45) is 5.16 Å². The van der Waals surface area contributed by atoms with Crippen LogP contribution >= 0.6 is 34.5 Å². The van der Waals surface area contributed by atoms with Gasteiger partial charge in [-0.3, -0.25) is 4.79 Å². The molecule has 1 aromatic heterocycles. The Labute approximate surface area is 165 Å². The summed E-state index contributed by atoms with van der Waals surface area (Å²) in [4.78, 5) is 17.3. The number of rotatable bonds is 5. The van der Waals surface area contributed by atoms with Crippen molar-refractivity contribution < 1.29 is 9.63 Å². The summed E-state index contributed by atoms with van der Waals surface area (Å²) in [5.41, 5.74) is 3.74. The number of nitrogens with zero attached hydrogens (tertiary/aromatic N) is 1. The summed E-state index contributed by atoms with van der Waals surface area (Å²) in [6.07, 6.45) is 1.62. The maximum atomic E-state index is 12.6. The van der Waals surface area contributed by atoms with Gasteiger partial charge in [-0.05, 0) is 29.3 Å². The van der Waals surface area contributed by atoms with Gasteiger partial charge in [0.2, 0.25) is 0 Å². The highest BCUT2D eigenvalue weighted by atomic mass is 35.5. The van der Waals surface area contributed by atoms with Crippen molar-refractivity contribution in [1.29, 1.82) is 0 Å². The highest BCUT2D eigenvalue weighted by Crippen LogP contribution is 2.33. The standard InChI is InChI=1S/C19H14Cl2N2O2S/c1-25-22-11-12-5-4-6-13(9-12)14-7-2-3-8-16(14)23-19(24)15-10-17(20)26-18(15)21/h2-11H,1H3,(H,23,24)/b22-11+. The number of thiophene rings is 1. The minimum absolute atomic E-state index is 0.303. The molecule has 0 aliphatic carbocycles. The van der Waals surface area contributed by atoms with Crippen molar-refractivity contribution in [2.45, 2.75) is 0 Å². The summed E-state index contributed by atoms with van der Waals surface area (Å²) in [6, 6.07) is 16.9. The van der Waals surface area contributed by atoms with Gasteiger partial charge >= 0.3 is 0 Å². The Morgan fingerprint density at radius 1 is 1.15 bits per heavy atom. The van der Waals surface area contributed by atoms with E-state index in [-0.39, 0.29) is 5.91 Å². The predicted molar refractivity (Wildman–Crippen MR) is 109 cm³/mol. The second-order valence-corrected chi connectivity index (χ2v) is 7.57. The van der Waals surface area contributed by atoms with Crippen LogP contribution in [0.15, 0.2) is 59.8 Å². The molecule has 0 atom stereocenters. The third-order valence-corrected chi connectivity index (χ3v) is 5.07. The van der Waals surface area contributed by atoms with E-state index in [1.165, 1.54) is 7.11 Å². The minimum Gasteiger partial charge on any atom is -0.399 e. The minimum atomic E-state index is -0.303. The SMILES string of the molecule is CO/N=C/c1cccc(-c2ccccc2NC(=O)c2cc(Cl)sc2Cl)c1. The lowest BCUT2D eigenvalue weighted by atomic mass is 10.0. The van der Waals surface area contributed by atoms with Crippen LogP contribution < -0.4 is 5.32 Å². The Hall–Kier alpha value is -2.34. The molecule has 26 heavy (non-hydrogen) atoms. The Balaban J connectivity index is 1.93. The summed E-state index contributed by atoms with van der Waals surface area (Å²) in [7, 11) is 1.49. The lowest BCUT2D eigenvalue weighted by Gasteiger charge is -2.11. The number of carbonyl (C=O) groups excluding carboxylic acids is 1. The van der Waals surface area contributed by atoms with Crippen LogP contribution in [0.25, 0.3) is 11.1 Å². The summed E-state index contributed by atoms with van der Waals surface area (Å²) in [5.74, 6) is -0.303. The zero-order valence-corrected chi connectivity index (χ0v) is 16.0. The summed E-state index contributed by atoms with van der Waals surface area (Å²) >= 11 is 13.2. The van der Waals surface area contributed by atoms with E-state index in [0.717, 1.165) is 28.0 Å². The zero-order valence-electron chi connectivity index (χ0n) is 13.7. The highest BCUT2D eigenvalue weighted by Gasteiger charge is 2.16. The van der Waals surface area contributed by atoms with Crippen LogP contribution in [0, 0.1) is 0 Å². The van der Waals surface area contributed by atoms with Crippen LogP contribution in [-0.4, -0.2) is 19.2 Å². The molecule has 0 radical (unpaired) electrons. The highest BCUT2D eigenvalue weighted by molar-refractivity contribution is 7.20. The van der Waals surface area contributed by atoms with Crippen LogP contribution in [-0.2, 0) is 4.84 Å². The molecule has 4 nitrogen and oxygen atoms in total. The maximum absolute atomic E-state index is 12.6. The van der Waals surface area contributed by atoms with Gasteiger partial charge in [0, 0.05) is 11.3 Å². The Morgan fingerprint density at radius 2 is 1.96 bits per heavy atom. The van der Waals surface area contributed by atoms with E-state index < -0.39 is 0 Å². The van der Waals surface area contributed by atoms with Crippen LogP contribution in [0.5, 0.6) is 0 Å². The average molecular weight is 405 g/mol. The van der Waals surface area contributed by atoms with Crippen LogP contribution in [0.3, 0.4) is 0 Å². The Morgan fingerprint density at radius 3 is 2.69 bits per heavy atom. The lowest BCUT2D eigenvalue weighted by Crippen LogP contribution is -2.12. The topological polar surface area (TPSA) is 50.7 Å². The van der Waals surface area contributed by atoms with Crippen molar-refractivity contribution >= 4 is 52.3 Å². The largest absolute Gasteiger partial charge is 0.399 e. The summed E-state index contributed by atoms with van der Waals surface area (Å²) in [5, 5.41) is 6.69. The second kappa shape index (κ2) is 8.36. The normalized spacial score (nSPS) is 10.9. The van der Waals surface area contributed by atoms with Gasteiger partial charge in [-0.2, -0.15) is 0 Å². The maximum Gasteiger partial charge on any atom is 0.258 e. The van der Waals surface area contributed by atoms with Gasteiger partial charge < -0.3 is 10.2 Å². The molecule has 0 unspecified atom stereocenters. The quantitative estimate of drug-likeness (QED) is 0.421. The van der Waals surface area contributed by atoms with Crippen molar-refractivity contribution in [1.82, 2.24) is 0 Å². The first-order valence-corrected chi connectivity index (χ1v) is 9.18. The smallest absolute Gasteiger partial charge is 0.258 e. The fraction of sp³-hybridized carbons (Fsp3) is 0.0526. The zero-order chi connectivity index (χ0) is 18.5. The van der Waals surface area contributed by atoms with Crippen molar-refractivity contribution in [3.63, 3.8) is 0 Å². The van der Waals surface area contributed by atoms with Gasteiger partial charge in [0.25, 0.3) is 5.91 Å². The summed E-state index contributed by atoms with van der Waals surface area (Å²) in [6.45, 7) is 0. The number of hydrogen-bond acceptors (Lipinski definition) is 4. The molecule has 0 aliphatic heterocycles. The van der Waals surface area contributed by atoms with Crippen molar-refractivity contribution in [2.75, 3.05) is 12.4 Å². The first-order valence-electron chi connectivity index (χ1n) is 7.60. The fourth-order valence-corrected chi connectivity index (χ4v) is 3.89. The van der Waals surface area contributed by atoms with Crippen LogP contribution in [0.4, 0.5) is 5.69 Å².